The van der Waals surface area contributed by atoms with Crippen molar-refractivity contribution in [3.63, 3.8) is 0 Å². The van der Waals surface area contributed by atoms with E-state index in [0.717, 1.165) is 30.5 Å². The first-order valence-corrected chi connectivity index (χ1v) is 8.85. The summed E-state index contributed by atoms with van der Waals surface area (Å²) >= 11 is 3.01. The smallest absolute Gasteiger partial charge is 0.240 e. The summed E-state index contributed by atoms with van der Waals surface area (Å²) < 4.78 is 0. The van der Waals surface area contributed by atoms with Crippen LogP contribution in [0.3, 0.4) is 0 Å². The molecule has 1 atom stereocenters. The number of nitrogens with one attached hydrogen (secondary N) is 1. The SMILES string of the molecule is Cc1csc(N2CCN(CC(=O)Nc3nncs3)C[C@@H]2C)n1. The van der Waals surface area contributed by atoms with E-state index in [9.17, 15) is 4.79 Å². The molecule has 2 aromatic rings. The Morgan fingerprint density at radius 1 is 1.45 bits per heavy atom. The second-order valence-corrected chi connectivity index (χ2v) is 7.01. The fourth-order valence-corrected chi connectivity index (χ4v) is 3.92. The predicted molar refractivity (Wildman–Crippen MR) is 88.6 cm³/mol. The molecule has 0 bridgehead atoms. The van der Waals surface area contributed by atoms with Gasteiger partial charge in [-0.3, -0.25) is 15.0 Å². The summed E-state index contributed by atoms with van der Waals surface area (Å²) in [6.45, 7) is 7.16. The van der Waals surface area contributed by atoms with Gasteiger partial charge in [-0.05, 0) is 13.8 Å². The molecule has 2 aromatic heterocycles. The van der Waals surface area contributed by atoms with Gasteiger partial charge in [-0.2, -0.15) is 0 Å². The minimum atomic E-state index is -0.0394. The van der Waals surface area contributed by atoms with Crippen molar-refractivity contribution in [3.8, 4) is 0 Å². The Balaban J connectivity index is 1.52. The number of hydrogen-bond acceptors (Lipinski definition) is 8. The number of amides is 1. The maximum absolute atomic E-state index is 12.0. The van der Waals surface area contributed by atoms with Crippen LogP contribution in [0.15, 0.2) is 10.9 Å². The van der Waals surface area contributed by atoms with Gasteiger partial charge in [0, 0.05) is 31.1 Å². The molecule has 0 saturated carbocycles. The Hall–Kier alpha value is -1.58. The van der Waals surface area contributed by atoms with E-state index in [0.29, 0.717) is 17.7 Å². The predicted octanol–water partition coefficient (Wildman–Crippen LogP) is 1.45. The van der Waals surface area contributed by atoms with E-state index in [-0.39, 0.29) is 5.91 Å². The molecule has 118 valence electrons. The number of aromatic nitrogens is 3. The molecule has 1 aliphatic rings. The number of rotatable bonds is 4. The van der Waals surface area contributed by atoms with Gasteiger partial charge in [0.05, 0.1) is 12.2 Å². The van der Waals surface area contributed by atoms with Crippen molar-refractivity contribution < 1.29 is 4.79 Å². The molecule has 1 aliphatic heterocycles. The maximum Gasteiger partial charge on any atom is 0.240 e. The first kappa shape index (κ1) is 15.3. The quantitative estimate of drug-likeness (QED) is 0.909. The number of aryl methyl sites for hydroxylation is 1. The molecule has 22 heavy (non-hydrogen) atoms. The molecule has 0 radical (unpaired) electrons. The third-order valence-electron chi connectivity index (χ3n) is 3.54. The van der Waals surface area contributed by atoms with Gasteiger partial charge in [0.15, 0.2) is 5.13 Å². The molecule has 0 aliphatic carbocycles. The lowest BCUT2D eigenvalue weighted by Gasteiger charge is -2.39. The van der Waals surface area contributed by atoms with Crippen LogP contribution < -0.4 is 10.2 Å². The monoisotopic (exact) mass is 338 g/mol. The first-order chi connectivity index (χ1) is 10.6. The minimum Gasteiger partial charge on any atom is -0.343 e. The summed E-state index contributed by atoms with van der Waals surface area (Å²) in [6, 6.07) is 0.341. The molecule has 1 fully saturated rings. The van der Waals surface area contributed by atoms with Crippen molar-refractivity contribution in [2.24, 2.45) is 0 Å². The molecule has 1 N–H and O–H groups in total. The largest absolute Gasteiger partial charge is 0.343 e. The topological polar surface area (TPSA) is 74.2 Å². The first-order valence-electron chi connectivity index (χ1n) is 7.09. The number of anilines is 2. The van der Waals surface area contributed by atoms with Crippen LogP contribution >= 0.6 is 22.7 Å². The number of hydrogen-bond donors (Lipinski definition) is 1. The molecule has 1 saturated heterocycles. The summed E-state index contributed by atoms with van der Waals surface area (Å²) in [4.78, 5) is 21.0. The van der Waals surface area contributed by atoms with Crippen LogP contribution in [0, 0.1) is 6.92 Å². The minimum absolute atomic E-state index is 0.0394. The number of thiazole rings is 1. The lowest BCUT2D eigenvalue weighted by atomic mass is 10.2. The number of nitrogens with zero attached hydrogens (tertiary/aromatic N) is 5. The summed E-state index contributed by atoms with van der Waals surface area (Å²) in [5.41, 5.74) is 2.66. The molecule has 0 spiro atoms. The standard InChI is InChI=1S/C13H18N6OS2/c1-9-7-21-13(15-9)19-4-3-18(5-10(19)2)6-11(20)16-12-17-14-8-22-12/h7-8,10H,3-6H2,1-2H3,(H,16,17,20)/t10-/m0/s1. The van der Waals surface area contributed by atoms with Crippen LogP contribution in [0.1, 0.15) is 12.6 Å². The zero-order valence-electron chi connectivity index (χ0n) is 12.5. The van der Waals surface area contributed by atoms with E-state index in [2.05, 4.69) is 42.6 Å². The van der Waals surface area contributed by atoms with Gasteiger partial charge in [-0.25, -0.2) is 4.98 Å². The van der Waals surface area contributed by atoms with Crippen LogP contribution in [0.25, 0.3) is 0 Å². The highest BCUT2D eigenvalue weighted by Crippen LogP contribution is 2.24. The summed E-state index contributed by atoms with van der Waals surface area (Å²) in [7, 11) is 0. The second-order valence-electron chi connectivity index (χ2n) is 5.34. The van der Waals surface area contributed by atoms with Crippen molar-refractivity contribution in [1.29, 1.82) is 0 Å². The van der Waals surface area contributed by atoms with Crippen LogP contribution in [-0.2, 0) is 4.79 Å². The molecular formula is C13H18N6OS2. The molecule has 1 amide bonds. The van der Waals surface area contributed by atoms with Crippen LogP contribution in [0.2, 0.25) is 0 Å². The van der Waals surface area contributed by atoms with E-state index in [1.807, 2.05) is 6.92 Å². The second kappa shape index (κ2) is 6.67. The van der Waals surface area contributed by atoms with Crippen molar-refractivity contribution in [1.82, 2.24) is 20.1 Å². The van der Waals surface area contributed by atoms with Gasteiger partial charge in [0.2, 0.25) is 11.0 Å². The van der Waals surface area contributed by atoms with E-state index in [4.69, 9.17) is 0 Å². The number of carbonyl (C=O) groups is 1. The van der Waals surface area contributed by atoms with Gasteiger partial charge in [0.1, 0.15) is 5.51 Å². The molecule has 0 unspecified atom stereocenters. The number of carbonyl (C=O) groups excluding carboxylic acids is 1. The molecular weight excluding hydrogens is 320 g/mol. The van der Waals surface area contributed by atoms with Gasteiger partial charge < -0.3 is 4.90 Å². The number of piperazine rings is 1. The fraction of sp³-hybridized carbons (Fsp3) is 0.538. The van der Waals surface area contributed by atoms with E-state index in [1.165, 1.54) is 11.3 Å². The van der Waals surface area contributed by atoms with Gasteiger partial charge in [-0.15, -0.1) is 21.5 Å². The average Bonchev–Trinajstić information content (AvgIpc) is 3.10. The Labute approximate surface area is 137 Å². The molecule has 3 rings (SSSR count). The summed E-state index contributed by atoms with van der Waals surface area (Å²) in [6.07, 6.45) is 0. The summed E-state index contributed by atoms with van der Waals surface area (Å²) in [5.74, 6) is -0.0394. The Morgan fingerprint density at radius 3 is 2.95 bits per heavy atom. The van der Waals surface area contributed by atoms with Crippen molar-refractivity contribution >= 4 is 38.8 Å². The van der Waals surface area contributed by atoms with E-state index < -0.39 is 0 Å². The highest BCUT2D eigenvalue weighted by atomic mass is 32.1. The van der Waals surface area contributed by atoms with E-state index in [1.54, 1.807) is 16.8 Å². The lowest BCUT2D eigenvalue weighted by molar-refractivity contribution is -0.117. The Kier molecular flexibility index (Phi) is 4.65. The molecule has 7 nitrogen and oxygen atoms in total. The van der Waals surface area contributed by atoms with E-state index >= 15 is 0 Å². The van der Waals surface area contributed by atoms with Crippen molar-refractivity contribution in [3.05, 3.63) is 16.6 Å². The third-order valence-corrected chi connectivity index (χ3v) is 5.14. The average molecular weight is 338 g/mol. The lowest BCUT2D eigenvalue weighted by Crippen LogP contribution is -2.53. The zero-order chi connectivity index (χ0) is 15.5. The fourth-order valence-electron chi connectivity index (χ4n) is 2.52. The van der Waals surface area contributed by atoms with Crippen LogP contribution in [0.5, 0.6) is 0 Å². The highest BCUT2D eigenvalue weighted by Gasteiger charge is 2.26. The summed E-state index contributed by atoms with van der Waals surface area (Å²) in [5, 5.41) is 14.0. The molecule has 3 heterocycles. The Bertz CT molecular complexity index is 628. The van der Waals surface area contributed by atoms with Crippen molar-refractivity contribution in [2.75, 3.05) is 36.4 Å². The third kappa shape index (κ3) is 3.60. The maximum atomic E-state index is 12.0. The molecule has 0 aromatic carbocycles. The van der Waals surface area contributed by atoms with Crippen molar-refractivity contribution in [2.45, 2.75) is 19.9 Å². The van der Waals surface area contributed by atoms with Gasteiger partial charge >= 0.3 is 0 Å². The van der Waals surface area contributed by atoms with Gasteiger partial charge in [0.25, 0.3) is 0 Å². The van der Waals surface area contributed by atoms with Crippen LogP contribution in [0.4, 0.5) is 10.3 Å². The molecule has 9 heteroatoms. The zero-order valence-corrected chi connectivity index (χ0v) is 14.2. The normalized spacial score (nSPS) is 19.4. The highest BCUT2D eigenvalue weighted by molar-refractivity contribution is 7.13. The van der Waals surface area contributed by atoms with Gasteiger partial charge in [-0.1, -0.05) is 11.3 Å². The van der Waals surface area contributed by atoms with Crippen LogP contribution in [-0.4, -0.2) is 58.2 Å². The Morgan fingerprint density at radius 2 is 2.32 bits per heavy atom.